The summed E-state index contributed by atoms with van der Waals surface area (Å²) in [5.41, 5.74) is 0.746. The van der Waals surface area contributed by atoms with E-state index in [2.05, 4.69) is 16.8 Å². The molecule has 4 nitrogen and oxygen atoms in total. The maximum atomic E-state index is 13.9. The predicted octanol–water partition coefficient (Wildman–Crippen LogP) is 2.72. The minimum Gasteiger partial charge on any atom is -0.396 e. The normalized spacial score (nSPS) is 25.2. The van der Waals surface area contributed by atoms with Crippen molar-refractivity contribution in [3.63, 3.8) is 0 Å². The van der Waals surface area contributed by atoms with Crippen molar-refractivity contribution in [2.45, 2.75) is 38.8 Å². The zero-order valence-electron chi connectivity index (χ0n) is 14.1. The van der Waals surface area contributed by atoms with Gasteiger partial charge in [-0.15, -0.1) is 0 Å². The monoisotopic (exact) mass is 332 g/mol. The Morgan fingerprint density at radius 3 is 2.92 bits per heavy atom. The maximum absolute atomic E-state index is 13.9. The van der Waals surface area contributed by atoms with Crippen LogP contribution < -0.4 is 0 Å². The highest BCUT2D eigenvalue weighted by Gasteiger charge is 2.41. The molecule has 24 heavy (non-hydrogen) atoms. The Morgan fingerprint density at radius 1 is 1.33 bits per heavy atom. The fourth-order valence-corrected chi connectivity index (χ4v) is 3.82. The number of hydrogen-bond acceptors (Lipinski definition) is 4. The Bertz CT molecular complexity index is 709. The van der Waals surface area contributed by atoms with Crippen LogP contribution in [0.4, 0.5) is 4.39 Å². The van der Waals surface area contributed by atoms with E-state index in [1.54, 1.807) is 6.07 Å². The van der Waals surface area contributed by atoms with Gasteiger partial charge in [0.1, 0.15) is 11.3 Å². The molecule has 0 radical (unpaired) electrons. The number of aromatic nitrogens is 1. The fraction of sp³-hybridized carbons (Fsp3) is 0.526. The van der Waals surface area contributed by atoms with E-state index in [9.17, 15) is 14.6 Å². The van der Waals surface area contributed by atoms with Crippen molar-refractivity contribution in [2.75, 3.05) is 19.7 Å². The average molecular weight is 332 g/mol. The Balaban J connectivity index is 1.79. The summed E-state index contributed by atoms with van der Waals surface area (Å²) in [7, 11) is 0. The zero-order chi connectivity index (χ0) is 17.2. The number of fused-ring (bicyclic) bond motifs is 1. The first kappa shape index (κ1) is 17.3. The van der Waals surface area contributed by atoms with Crippen molar-refractivity contribution in [1.29, 1.82) is 0 Å². The quantitative estimate of drug-likeness (QED) is 0.884. The lowest BCUT2D eigenvalue weighted by molar-refractivity contribution is -0.0821. The molecule has 2 N–H and O–H groups in total. The topological polar surface area (TPSA) is 56.6 Å². The van der Waals surface area contributed by atoms with Gasteiger partial charge in [0.05, 0.1) is 18.4 Å². The molecule has 1 aromatic carbocycles. The first-order valence-corrected chi connectivity index (χ1v) is 8.63. The lowest BCUT2D eigenvalue weighted by Gasteiger charge is -2.45. The number of para-hydroxylation sites is 1. The van der Waals surface area contributed by atoms with Gasteiger partial charge in [-0.1, -0.05) is 31.5 Å². The predicted molar refractivity (Wildman–Crippen MR) is 92.0 cm³/mol. The minimum absolute atomic E-state index is 0.0156. The highest BCUT2D eigenvalue weighted by molar-refractivity contribution is 5.79. The number of aliphatic hydroxyl groups is 2. The van der Waals surface area contributed by atoms with Gasteiger partial charge in [-0.25, -0.2) is 9.37 Å². The molecule has 0 amide bonds. The van der Waals surface area contributed by atoms with E-state index in [1.807, 2.05) is 18.2 Å². The smallest absolute Gasteiger partial charge is 0.149 e. The summed E-state index contributed by atoms with van der Waals surface area (Å²) in [4.78, 5) is 6.67. The van der Waals surface area contributed by atoms with Crippen LogP contribution in [0.15, 0.2) is 30.3 Å². The van der Waals surface area contributed by atoms with E-state index >= 15 is 0 Å². The number of nitrogens with zero attached hydrogens (tertiary/aromatic N) is 2. The van der Waals surface area contributed by atoms with Gasteiger partial charge in [0.25, 0.3) is 0 Å². The summed E-state index contributed by atoms with van der Waals surface area (Å²) in [5, 5.41) is 21.0. The maximum Gasteiger partial charge on any atom is 0.149 e. The van der Waals surface area contributed by atoms with Gasteiger partial charge in [-0.3, -0.25) is 4.90 Å². The third-order valence-corrected chi connectivity index (χ3v) is 5.14. The molecule has 0 saturated carbocycles. The van der Waals surface area contributed by atoms with E-state index in [0.717, 1.165) is 30.5 Å². The molecular formula is C19H25FN2O2. The highest BCUT2D eigenvalue weighted by Crippen LogP contribution is 2.35. The lowest BCUT2D eigenvalue weighted by Crippen LogP contribution is -2.53. The molecule has 2 aromatic rings. The standard InChI is InChI=1S/C19H25FN2O2/c1-2-9-19(13-23)12-22(10-8-17(19)24)11-15-7-6-14-4-3-5-16(20)18(14)21-15/h3-7,17,23-24H,2,8-13H2,1H3/t17-,19+/m1/s1. The fourth-order valence-electron chi connectivity index (χ4n) is 3.82. The number of piperidine rings is 1. The number of halogens is 1. The molecule has 1 fully saturated rings. The molecule has 2 atom stereocenters. The number of rotatable bonds is 5. The Kier molecular flexibility index (Phi) is 5.13. The molecule has 130 valence electrons. The highest BCUT2D eigenvalue weighted by atomic mass is 19.1. The zero-order valence-corrected chi connectivity index (χ0v) is 14.1. The SMILES string of the molecule is CCC[C@@]1(CO)CN(Cc2ccc3cccc(F)c3n2)CC[C@H]1O. The second kappa shape index (κ2) is 7.13. The van der Waals surface area contributed by atoms with Crippen molar-refractivity contribution in [1.82, 2.24) is 9.88 Å². The Labute approximate surface area is 141 Å². The van der Waals surface area contributed by atoms with Gasteiger partial charge in [0.15, 0.2) is 0 Å². The van der Waals surface area contributed by atoms with Crippen molar-refractivity contribution in [3.05, 3.63) is 41.8 Å². The van der Waals surface area contributed by atoms with Crippen LogP contribution in [-0.2, 0) is 6.54 Å². The summed E-state index contributed by atoms with van der Waals surface area (Å²) < 4.78 is 13.9. The number of benzene rings is 1. The van der Waals surface area contributed by atoms with Gasteiger partial charge >= 0.3 is 0 Å². The summed E-state index contributed by atoms with van der Waals surface area (Å²) >= 11 is 0. The second-order valence-corrected chi connectivity index (χ2v) is 6.90. The van der Waals surface area contributed by atoms with Crippen LogP contribution in [0.2, 0.25) is 0 Å². The average Bonchev–Trinajstić information content (AvgIpc) is 2.59. The van der Waals surface area contributed by atoms with Crippen LogP contribution in [0.3, 0.4) is 0 Å². The van der Waals surface area contributed by atoms with Crippen molar-refractivity contribution >= 4 is 10.9 Å². The molecule has 3 rings (SSSR count). The number of likely N-dealkylation sites (tertiary alicyclic amines) is 1. The number of aliphatic hydroxyl groups excluding tert-OH is 2. The van der Waals surface area contributed by atoms with Crippen LogP contribution in [0.25, 0.3) is 10.9 Å². The van der Waals surface area contributed by atoms with E-state index in [-0.39, 0.29) is 12.4 Å². The first-order valence-electron chi connectivity index (χ1n) is 8.63. The molecule has 5 heteroatoms. The van der Waals surface area contributed by atoms with E-state index < -0.39 is 11.5 Å². The van der Waals surface area contributed by atoms with Gasteiger partial charge in [-0.05, 0) is 25.0 Å². The van der Waals surface area contributed by atoms with Crippen LogP contribution in [0.5, 0.6) is 0 Å². The number of hydrogen-bond donors (Lipinski definition) is 2. The van der Waals surface area contributed by atoms with Gasteiger partial charge in [0, 0.05) is 30.4 Å². The van der Waals surface area contributed by atoms with Crippen molar-refractivity contribution in [2.24, 2.45) is 5.41 Å². The van der Waals surface area contributed by atoms with Crippen molar-refractivity contribution < 1.29 is 14.6 Å². The van der Waals surface area contributed by atoms with Gasteiger partial charge in [-0.2, -0.15) is 0 Å². The largest absolute Gasteiger partial charge is 0.396 e. The summed E-state index contributed by atoms with van der Waals surface area (Å²) in [5.74, 6) is -0.306. The Morgan fingerprint density at radius 2 is 2.17 bits per heavy atom. The second-order valence-electron chi connectivity index (χ2n) is 6.90. The molecular weight excluding hydrogens is 307 g/mol. The molecule has 0 spiro atoms. The summed E-state index contributed by atoms with van der Waals surface area (Å²) in [6.07, 6.45) is 1.88. The first-order chi connectivity index (χ1) is 11.6. The molecule has 0 aliphatic carbocycles. The van der Waals surface area contributed by atoms with Crippen LogP contribution in [-0.4, -0.2) is 45.9 Å². The van der Waals surface area contributed by atoms with Crippen LogP contribution in [0, 0.1) is 11.2 Å². The molecule has 1 aromatic heterocycles. The molecule has 0 unspecified atom stereocenters. The Hall–Kier alpha value is -1.56. The van der Waals surface area contributed by atoms with E-state index in [1.165, 1.54) is 6.07 Å². The molecule has 1 saturated heterocycles. The lowest BCUT2D eigenvalue weighted by atomic mass is 9.74. The van der Waals surface area contributed by atoms with Gasteiger partial charge < -0.3 is 10.2 Å². The molecule has 2 heterocycles. The minimum atomic E-state index is -0.472. The summed E-state index contributed by atoms with van der Waals surface area (Å²) in [6, 6.07) is 8.78. The van der Waals surface area contributed by atoms with E-state index in [0.29, 0.717) is 25.0 Å². The third-order valence-electron chi connectivity index (χ3n) is 5.14. The van der Waals surface area contributed by atoms with Gasteiger partial charge in [0.2, 0.25) is 0 Å². The van der Waals surface area contributed by atoms with Crippen LogP contribution in [0.1, 0.15) is 31.9 Å². The molecule has 0 bridgehead atoms. The van der Waals surface area contributed by atoms with Crippen molar-refractivity contribution in [3.8, 4) is 0 Å². The molecule has 1 aliphatic heterocycles. The number of pyridine rings is 1. The summed E-state index contributed by atoms with van der Waals surface area (Å²) in [6.45, 7) is 4.04. The molecule has 1 aliphatic rings. The van der Waals surface area contributed by atoms with Crippen LogP contribution >= 0.6 is 0 Å². The van der Waals surface area contributed by atoms with E-state index in [4.69, 9.17) is 0 Å². The third kappa shape index (κ3) is 3.29.